The molecule has 176 valence electrons. The molecular formula is C26H36O5S. The molecule has 6 heteroatoms. The van der Waals surface area contributed by atoms with Crippen LogP contribution < -0.4 is 0 Å². The third-order valence-electron chi connectivity index (χ3n) is 10.0. The van der Waals surface area contributed by atoms with Crippen LogP contribution in [0.15, 0.2) is 11.6 Å². The zero-order chi connectivity index (χ0) is 22.9. The number of carbonyl (C=O) groups excluding carboxylic acids is 3. The first-order valence-corrected chi connectivity index (χ1v) is 13.2. The van der Waals surface area contributed by atoms with Crippen molar-refractivity contribution in [2.75, 3.05) is 0 Å². The molecule has 0 bridgehead atoms. The molecule has 5 aliphatic rings. The molecule has 8 atom stereocenters. The van der Waals surface area contributed by atoms with Gasteiger partial charge in [0.05, 0.1) is 0 Å². The Morgan fingerprint density at radius 3 is 2.47 bits per heavy atom. The van der Waals surface area contributed by atoms with Gasteiger partial charge in [0.15, 0.2) is 5.12 Å². The van der Waals surface area contributed by atoms with Crippen LogP contribution in [0.3, 0.4) is 0 Å². The highest BCUT2D eigenvalue weighted by Gasteiger charge is 2.68. The molecule has 5 nitrogen and oxygen atoms in total. The average Bonchev–Trinajstić information content (AvgIpc) is 3.22. The summed E-state index contributed by atoms with van der Waals surface area (Å²) < 4.78 is 11.6. The number of hydrogen-bond acceptors (Lipinski definition) is 6. The van der Waals surface area contributed by atoms with Crippen molar-refractivity contribution in [1.82, 2.24) is 0 Å². The summed E-state index contributed by atoms with van der Waals surface area (Å²) in [7, 11) is 0. The summed E-state index contributed by atoms with van der Waals surface area (Å²) in [5, 5.41) is 0.419. The van der Waals surface area contributed by atoms with E-state index in [-0.39, 0.29) is 44.8 Å². The maximum Gasteiger partial charge on any atom is 0.306 e. The van der Waals surface area contributed by atoms with Gasteiger partial charge in [-0.25, -0.2) is 0 Å². The molecule has 0 radical (unpaired) electrons. The Kier molecular flexibility index (Phi) is 5.35. The van der Waals surface area contributed by atoms with Gasteiger partial charge in [-0.3, -0.25) is 14.4 Å². The number of esters is 2. The van der Waals surface area contributed by atoms with Crippen LogP contribution in [-0.4, -0.2) is 34.0 Å². The molecule has 0 aromatic carbocycles. The lowest BCUT2D eigenvalue weighted by atomic mass is 9.46. The molecule has 4 aliphatic carbocycles. The van der Waals surface area contributed by atoms with E-state index in [0.717, 1.165) is 51.4 Å². The summed E-state index contributed by atoms with van der Waals surface area (Å²) in [4.78, 5) is 36.0. The molecule has 0 aromatic heterocycles. The van der Waals surface area contributed by atoms with E-state index in [2.05, 4.69) is 19.9 Å². The van der Waals surface area contributed by atoms with Gasteiger partial charge in [-0.1, -0.05) is 31.2 Å². The fourth-order valence-corrected chi connectivity index (χ4v) is 9.80. The maximum absolute atomic E-state index is 12.3. The van der Waals surface area contributed by atoms with Crippen molar-refractivity contribution in [3.63, 3.8) is 0 Å². The van der Waals surface area contributed by atoms with E-state index in [0.29, 0.717) is 24.2 Å². The molecular weight excluding hydrogens is 424 g/mol. The van der Waals surface area contributed by atoms with Crippen LogP contribution in [-0.2, 0) is 23.9 Å². The van der Waals surface area contributed by atoms with Gasteiger partial charge in [0.1, 0.15) is 11.7 Å². The molecule has 1 aliphatic heterocycles. The standard InChI is InChI=1S/C26H36O5S/c1-15(27)30-18-5-9-24(3)17(13-18)14-21(32-16(2)28)23-19(24)6-10-25(4)20(23)7-11-26(25)12-8-22(29)31-26/h13,18-21,23H,5-12,14H2,1-4H3/t18-,19-,20-,21-,23-,24+,25+,26-/m1/s1. The van der Waals surface area contributed by atoms with Gasteiger partial charge in [0.25, 0.3) is 0 Å². The van der Waals surface area contributed by atoms with Crippen molar-refractivity contribution < 1.29 is 23.9 Å². The molecule has 0 N–H and O–H groups in total. The highest BCUT2D eigenvalue weighted by Crippen LogP contribution is 2.70. The molecule has 4 fully saturated rings. The lowest BCUT2D eigenvalue weighted by Crippen LogP contribution is -2.58. The topological polar surface area (TPSA) is 69.7 Å². The predicted octanol–water partition coefficient (Wildman–Crippen LogP) is 5.21. The first-order valence-electron chi connectivity index (χ1n) is 12.4. The van der Waals surface area contributed by atoms with Crippen LogP contribution in [0.25, 0.3) is 0 Å². The zero-order valence-electron chi connectivity index (χ0n) is 19.8. The van der Waals surface area contributed by atoms with E-state index in [1.807, 2.05) is 0 Å². The van der Waals surface area contributed by atoms with Gasteiger partial charge < -0.3 is 9.47 Å². The second-order valence-electron chi connectivity index (χ2n) is 11.4. The normalized spacial score (nSPS) is 47.2. The smallest absolute Gasteiger partial charge is 0.306 e. The van der Waals surface area contributed by atoms with Crippen molar-refractivity contribution in [3.8, 4) is 0 Å². The van der Waals surface area contributed by atoms with E-state index < -0.39 is 0 Å². The number of fused-ring (bicyclic) bond motifs is 6. The minimum Gasteiger partial charge on any atom is -0.458 e. The van der Waals surface area contributed by atoms with Gasteiger partial charge in [0.2, 0.25) is 0 Å². The van der Waals surface area contributed by atoms with E-state index in [4.69, 9.17) is 9.47 Å². The summed E-state index contributed by atoms with van der Waals surface area (Å²) >= 11 is 1.51. The Morgan fingerprint density at radius 2 is 1.81 bits per heavy atom. The van der Waals surface area contributed by atoms with Gasteiger partial charge in [0, 0.05) is 30.9 Å². The van der Waals surface area contributed by atoms with E-state index in [1.54, 1.807) is 6.92 Å². The largest absolute Gasteiger partial charge is 0.458 e. The summed E-state index contributed by atoms with van der Waals surface area (Å²) in [6, 6.07) is 0. The average molecular weight is 461 g/mol. The number of hydrogen-bond donors (Lipinski definition) is 0. The predicted molar refractivity (Wildman–Crippen MR) is 123 cm³/mol. The number of thioether (sulfide) groups is 1. The highest BCUT2D eigenvalue weighted by molar-refractivity contribution is 8.14. The van der Waals surface area contributed by atoms with Gasteiger partial charge >= 0.3 is 11.9 Å². The lowest BCUT2D eigenvalue weighted by molar-refractivity contribution is -0.167. The summed E-state index contributed by atoms with van der Waals surface area (Å²) in [6.07, 6.45) is 10.5. The number of rotatable bonds is 2. The van der Waals surface area contributed by atoms with E-state index in [9.17, 15) is 14.4 Å². The Labute approximate surface area is 195 Å². The molecule has 1 saturated heterocycles. The van der Waals surface area contributed by atoms with Crippen LogP contribution >= 0.6 is 11.8 Å². The lowest BCUT2D eigenvalue weighted by Gasteiger charge is -2.61. The summed E-state index contributed by atoms with van der Waals surface area (Å²) in [6.45, 7) is 7.95. The SMILES string of the molecule is CC(=O)O[C@H]1C=C2C[C@@H](SC(C)=O)[C@@H]3[C@@H](CC[C@@]4(C)[C@@H]3CC[C@@]43CCC(=O)O3)[C@@]2(C)CC1. The number of ether oxygens (including phenoxy) is 2. The third kappa shape index (κ3) is 3.22. The van der Waals surface area contributed by atoms with Crippen molar-refractivity contribution >= 4 is 28.8 Å². The second-order valence-corrected chi connectivity index (χ2v) is 12.8. The third-order valence-corrected chi connectivity index (χ3v) is 11.2. The van der Waals surface area contributed by atoms with Gasteiger partial charge in [-0.05, 0) is 80.6 Å². The Hall–Kier alpha value is -1.30. The Morgan fingerprint density at radius 1 is 1.06 bits per heavy atom. The monoisotopic (exact) mass is 460 g/mol. The van der Waals surface area contributed by atoms with Crippen LogP contribution in [0.1, 0.15) is 85.5 Å². The van der Waals surface area contributed by atoms with Crippen LogP contribution in [0.4, 0.5) is 0 Å². The Bertz CT molecular complexity index is 881. The molecule has 0 amide bonds. The fourth-order valence-electron chi connectivity index (χ4n) is 8.57. The van der Waals surface area contributed by atoms with Crippen molar-refractivity contribution in [2.24, 2.45) is 28.6 Å². The van der Waals surface area contributed by atoms with Crippen LogP contribution in [0.2, 0.25) is 0 Å². The number of allylic oxidation sites excluding steroid dienone is 1. The van der Waals surface area contributed by atoms with Crippen molar-refractivity contribution in [1.29, 1.82) is 0 Å². The molecule has 5 rings (SSSR count). The van der Waals surface area contributed by atoms with E-state index >= 15 is 0 Å². The van der Waals surface area contributed by atoms with Gasteiger partial charge in [-0.2, -0.15) is 0 Å². The maximum atomic E-state index is 12.3. The van der Waals surface area contributed by atoms with Crippen molar-refractivity contribution in [3.05, 3.63) is 11.6 Å². The quantitative estimate of drug-likeness (QED) is 0.416. The molecule has 3 saturated carbocycles. The van der Waals surface area contributed by atoms with Crippen LogP contribution in [0.5, 0.6) is 0 Å². The first kappa shape index (κ1) is 22.5. The second kappa shape index (κ2) is 7.61. The molecule has 32 heavy (non-hydrogen) atoms. The summed E-state index contributed by atoms with van der Waals surface area (Å²) in [5.74, 6) is 1.19. The van der Waals surface area contributed by atoms with Crippen molar-refractivity contribution in [2.45, 2.75) is 102 Å². The number of carbonyl (C=O) groups is 3. The zero-order valence-corrected chi connectivity index (χ0v) is 20.6. The molecule has 0 aromatic rings. The molecule has 1 heterocycles. The Balaban J connectivity index is 1.51. The first-order chi connectivity index (χ1) is 15.1. The fraction of sp³-hybridized carbons (Fsp3) is 0.808. The minimum atomic E-state index is -0.296. The molecule has 0 unspecified atom stereocenters. The molecule has 1 spiro atoms. The van der Waals surface area contributed by atoms with Gasteiger partial charge in [-0.15, -0.1) is 0 Å². The summed E-state index contributed by atoms with van der Waals surface area (Å²) in [5.41, 5.74) is 1.19. The highest BCUT2D eigenvalue weighted by atomic mass is 32.2. The van der Waals surface area contributed by atoms with E-state index in [1.165, 1.54) is 24.3 Å². The van der Waals surface area contributed by atoms with Crippen LogP contribution in [0, 0.1) is 28.6 Å². The minimum absolute atomic E-state index is 0.00243.